The van der Waals surface area contributed by atoms with Crippen LogP contribution >= 0.6 is 0 Å². The third kappa shape index (κ3) is 2.23. The van der Waals surface area contributed by atoms with E-state index >= 15 is 0 Å². The minimum atomic E-state index is -0.528. The Morgan fingerprint density at radius 1 is 1.27 bits per heavy atom. The number of piperazine rings is 1. The number of nitrogens with one attached hydrogen (secondary N) is 1. The molecule has 22 heavy (non-hydrogen) atoms. The minimum Gasteiger partial charge on any atom is -0.339 e. The summed E-state index contributed by atoms with van der Waals surface area (Å²) in [6.07, 6.45) is 1.48. The minimum absolute atomic E-state index is 0.220. The van der Waals surface area contributed by atoms with Gasteiger partial charge in [-0.2, -0.15) is 0 Å². The van der Waals surface area contributed by atoms with Crippen LogP contribution in [0.4, 0.5) is 0 Å². The lowest BCUT2D eigenvalue weighted by Gasteiger charge is -2.27. The molecule has 1 saturated heterocycles. The van der Waals surface area contributed by atoms with Gasteiger partial charge in [0.1, 0.15) is 6.54 Å². The number of rotatable bonds is 2. The lowest BCUT2D eigenvalue weighted by atomic mass is 10.3. The van der Waals surface area contributed by atoms with Crippen molar-refractivity contribution >= 4 is 17.1 Å². The van der Waals surface area contributed by atoms with Crippen molar-refractivity contribution in [3.8, 4) is 0 Å². The van der Waals surface area contributed by atoms with E-state index in [1.807, 2.05) is 0 Å². The van der Waals surface area contributed by atoms with E-state index in [-0.39, 0.29) is 12.5 Å². The van der Waals surface area contributed by atoms with E-state index in [4.69, 9.17) is 0 Å². The van der Waals surface area contributed by atoms with Crippen molar-refractivity contribution in [2.24, 2.45) is 14.1 Å². The summed E-state index contributed by atoms with van der Waals surface area (Å²) in [6, 6.07) is 0. The smallest absolute Gasteiger partial charge is 0.332 e. The molecule has 2 aromatic heterocycles. The number of imidazole rings is 1. The molecular formula is C13H18N6O3. The Morgan fingerprint density at radius 3 is 2.64 bits per heavy atom. The molecule has 2 aromatic rings. The maximum Gasteiger partial charge on any atom is 0.332 e. The van der Waals surface area contributed by atoms with Gasteiger partial charge in [-0.15, -0.1) is 0 Å². The van der Waals surface area contributed by atoms with Gasteiger partial charge in [0.25, 0.3) is 5.56 Å². The van der Waals surface area contributed by atoms with Crippen LogP contribution in [0.25, 0.3) is 11.2 Å². The highest BCUT2D eigenvalue weighted by Crippen LogP contribution is 2.03. The predicted molar refractivity (Wildman–Crippen MR) is 79.7 cm³/mol. The van der Waals surface area contributed by atoms with Gasteiger partial charge < -0.3 is 14.8 Å². The molecule has 0 spiro atoms. The van der Waals surface area contributed by atoms with Crippen LogP contribution in [0.3, 0.4) is 0 Å². The highest BCUT2D eigenvalue weighted by atomic mass is 16.2. The number of hydrogen-bond donors (Lipinski definition) is 1. The van der Waals surface area contributed by atoms with Crippen LogP contribution in [-0.4, -0.2) is 55.7 Å². The first-order valence-corrected chi connectivity index (χ1v) is 7.10. The van der Waals surface area contributed by atoms with Gasteiger partial charge in [-0.25, -0.2) is 14.3 Å². The average Bonchev–Trinajstić information content (AvgIpc) is 2.92. The maximum atomic E-state index is 12.5. The normalized spacial score (nSPS) is 15.5. The lowest BCUT2D eigenvalue weighted by molar-refractivity contribution is -0.132. The van der Waals surface area contributed by atoms with Crippen molar-refractivity contribution < 1.29 is 4.79 Å². The molecular weight excluding hydrogens is 288 g/mol. The first-order chi connectivity index (χ1) is 10.5. The van der Waals surface area contributed by atoms with E-state index in [1.165, 1.54) is 10.9 Å². The fourth-order valence-electron chi connectivity index (χ4n) is 2.69. The zero-order valence-electron chi connectivity index (χ0n) is 12.6. The second-order valence-corrected chi connectivity index (χ2v) is 5.39. The zero-order valence-corrected chi connectivity index (χ0v) is 12.6. The summed E-state index contributed by atoms with van der Waals surface area (Å²) in [7, 11) is 3.23. The average molecular weight is 306 g/mol. The van der Waals surface area contributed by atoms with Crippen LogP contribution in [0.2, 0.25) is 0 Å². The van der Waals surface area contributed by atoms with Gasteiger partial charge in [0, 0.05) is 40.3 Å². The molecule has 0 aromatic carbocycles. The van der Waals surface area contributed by atoms with Gasteiger partial charge in [0.05, 0.1) is 6.33 Å². The van der Waals surface area contributed by atoms with Gasteiger partial charge in [-0.1, -0.05) is 0 Å². The number of aryl methyl sites for hydroxylation is 2. The highest BCUT2D eigenvalue weighted by Gasteiger charge is 2.21. The van der Waals surface area contributed by atoms with Crippen LogP contribution in [0, 0.1) is 0 Å². The number of amides is 1. The second-order valence-electron chi connectivity index (χ2n) is 5.39. The molecule has 0 aliphatic carbocycles. The summed E-state index contributed by atoms with van der Waals surface area (Å²) in [5.41, 5.74) is -0.375. The third-order valence-corrected chi connectivity index (χ3v) is 3.96. The largest absolute Gasteiger partial charge is 0.339 e. The van der Waals surface area contributed by atoms with Crippen LogP contribution in [0.15, 0.2) is 15.9 Å². The maximum absolute atomic E-state index is 12.5. The van der Waals surface area contributed by atoms with E-state index in [0.717, 1.165) is 17.7 Å². The number of aromatic nitrogens is 4. The van der Waals surface area contributed by atoms with E-state index in [0.29, 0.717) is 24.3 Å². The fraction of sp³-hybridized carbons (Fsp3) is 0.538. The topological polar surface area (TPSA) is 94.2 Å². The Bertz CT molecular complexity index is 840. The molecule has 0 unspecified atom stereocenters. The number of hydrogen-bond acceptors (Lipinski definition) is 5. The molecule has 118 valence electrons. The standard InChI is InChI=1S/C13H18N6O3/c1-16-8-15-11-10(16)12(21)19(13(22)17(11)2)7-9(20)18-5-3-14-4-6-18/h8,14H,3-7H2,1-2H3. The highest BCUT2D eigenvalue weighted by molar-refractivity contribution is 5.77. The zero-order chi connectivity index (χ0) is 15.9. The lowest BCUT2D eigenvalue weighted by Crippen LogP contribution is -2.50. The fourth-order valence-corrected chi connectivity index (χ4v) is 2.69. The number of carbonyl (C=O) groups is 1. The van der Waals surface area contributed by atoms with Crippen molar-refractivity contribution in [3.63, 3.8) is 0 Å². The van der Waals surface area contributed by atoms with Crippen molar-refractivity contribution in [2.45, 2.75) is 6.54 Å². The molecule has 3 rings (SSSR count). The third-order valence-electron chi connectivity index (χ3n) is 3.96. The predicted octanol–water partition coefficient (Wildman–Crippen LogP) is -2.13. The van der Waals surface area contributed by atoms with E-state index in [9.17, 15) is 14.4 Å². The number of fused-ring (bicyclic) bond motifs is 1. The van der Waals surface area contributed by atoms with Crippen molar-refractivity contribution in [3.05, 3.63) is 27.2 Å². The van der Waals surface area contributed by atoms with Crippen molar-refractivity contribution in [2.75, 3.05) is 26.2 Å². The van der Waals surface area contributed by atoms with Crippen LogP contribution in [0.5, 0.6) is 0 Å². The Kier molecular flexibility index (Phi) is 3.57. The summed E-state index contributed by atoms with van der Waals surface area (Å²) in [4.78, 5) is 42.9. The van der Waals surface area contributed by atoms with Crippen molar-refractivity contribution in [1.82, 2.24) is 28.9 Å². The van der Waals surface area contributed by atoms with Gasteiger partial charge in [-0.3, -0.25) is 14.2 Å². The molecule has 9 heteroatoms. The van der Waals surface area contributed by atoms with Gasteiger partial charge in [0.15, 0.2) is 11.2 Å². The van der Waals surface area contributed by atoms with Gasteiger partial charge in [-0.05, 0) is 0 Å². The second kappa shape index (κ2) is 5.41. The van der Waals surface area contributed by atoms with Gasteiger partial charge in [0.2, 0.25) is 5.91 Å². The number of nitrogens with zero attached hydrogens (tertiary/aromatic N) is 5. The first-order valence-electron chi connectivity index (χ1n) is 7.10. The molecule has 0 saturated carbocycles. The molecule has 1 N–H and O–H groups in total. The summed E-state index contributed by atoms with van der Waals surface area (Å²) in [6.45, 7) is 2.37. The summed E-state index contributed by atoms with van der Waals surface area (Å²) >= 11 is 0. The molecule has 1 amide bonds. The van der Waals surface area contributed by atoms with E-state index in [1.54, 1.807) is 23.6 Å². The molecule has 9 nitrogen and oxygen atoms in total. The monoisotopic (exact) mass is 306 g/mol. The van der Waals surface area contributed by atoms with Crippen molar-refractivity contribution in [1.29, 1.82) is 0 Å². The van der Waals surface area contributed by atoms with E-state index < -0.39 is 11.2 Å². The van der Waals surface area contributed by atoms with Crippen LogP contribution in [-0.2, 0) is 25.4 Å². The molecule has 0 atom stereocenters. The molecule has 1 fully saturated rings. The molecule has 0 radical (unpaired) electrons. The summed E-state index contributed by atoms with van der Waals surface area (Å²) < 4.78 is 3.83. The molecule has 3 heterocycles. The first kappa shape index (κ1) is 14.5. The molecule has 1 aliphatic heterocycles. The molecule has 0 bridgehead atoms. The Morgan fingerprint density at radius 2 is 1.95 bits per heavy atom. The quantitative estimate of drug-likeness (QED) is 0.684. The summed E-state index contributed by atoms with van der Waals surface area (Å²) in [5, 5.41) is 3.15. The van der Waals surface area contributed by atoms with E-state index in [2.05, 4.69) is 10.3 Å². The number of carbonyl (C=O) groups excluding carboxylic acids is 1. The Labute approximate surface area is 125 Å². The van der Waals surface area contributed by atoms with Crippen LogP contribution < -0.4 is 16.6 Å². The molecule has 1 aliphatic rings. The SMILES string of the molecule is Cn1cnc2c1c(=O)n(CC(=O)N1CCNCC1)c(=O)n2C. The van der Waals surface area contributed by atoms with Gasteiger partial charge >= 0.3 is 5.69 Å². The Balaban J connectivity index is 2.03. The van der Waals surface area contributed by atoms with Crippen LogP contribution in [0.1, 0.15) is 0 Å². The Hall–Kier alpha value is -2.42. The summed E-state index contributed by atoms with van der Waals surface area (Å²) in [5.74, 6) is -0.220.